The van der Waals surface area contributed by atoms with Gasteiger partial charge in [-0.2, -0.15) is 0 Å². The minimum absolute atomic E-state index is 0.737. The van der Waals surface area contributed by atoms with Gasteiger partial charge in [0, 0.05) is 4.47 Å². The fraction of sp³-hybridized carbons (Fsp3) is 0.429. The molecule has 0 aliphatic heterocycles. The lowest BCUT2D eigenvalue weighted by molar-refractivity contribution is 0.726. The van der Waals surface area contributed by atoms with Crippen LogP contribution in [0.4, 0.5) is 0 Å². The molecule has 0 saturated carbocycles. The van der Waals surface area contributed by atoms with Gasteiger partial charge in [-0.15, -0.1) is 5.10 Å². The highest BCUT2D eigenvalue weighted by atomic mass is 79.9. The SMILES string of the molecule is CCc1cc(Br)ccc1-n1cc(CCCCN)nn1. The van der Waals surface area contributed by atoms with E-state index < -0.39 is 0 Å². The Morgan fingerprint density at radius 3 is 2.89 bits per heavy atom. The van der Waals surface area contributed by atoms with E-state index in [1.807, 2.05) is 16.9 Å². The van der Waals surface area contributed by atoms with Crippen molar-refractivity contribution < 1.29 is 0 Å². The summed E-state index contributed by atoms with van der Waals surface area (Å²) in [6.45, 7) is 2.88. The Morgan fingerprint density at radius 1 is 1.32 bits per heavy atom. The van der Waals surface area contributed by atoms with Gasteiger partial charge in [0.15, 0.2) is 0 Å². The number of aryl methyl sites for hydroxylation is 2. The number of rotatable bonds is 6. The summed E-state index contributed by atoms with van der Waals surface area (Å²) in [6.07, 6.45) is 6.02. The molecule has 1 aromatic carbocycles. The lowest BCUT2D eigenvalue weighted by atomic mass is 10.1. The summed E-state index contributed by atoms with van der Waals surface area (Å²) in [5, 5.41) is 8.45. The van der Waals surface area contributed by atoms with Gasteiger partial charge in [-0.1, -0.05) is 28.1 Å². The molecule has 4 nitrogen and oxygen atoms in total. The molecule has 2 aromatic rings. The Balaban J connectivity index is 2.18. The van der Waals surface area contributed by atoms with E-state index in [-0.39, 0.29) is 0 Å². The van der Waals surface area contributed by atoms with Crippen LogP contribution in [0.1, 0.15) is 31.0 Å². The molecule has 19 heavy (non-hydrogen) atoms. The second-order valence-corrected chi connectivity index (χ2v) is 5.44. The summed E-state index contributed by atoms with van der Waals surface area (Å²) in [5.74, 6) is 0. The standard InChI is InChI=1S/C14H19BrN4/c1-2-11-9-12(15)6-7-14(11)19-10-13(17-18-19)5-3-4-8-16/h6-7,9-10H,2-5,8,16H2,1H3. The predicted molar refractivity (Wildman–Crippen MR) is 80.4 cm³/mol. The van der Waals surface area contributed by atoms with Gasteiger partial charge in [-0.3, -0.25) is 0 Å². The molecular weight excluding hydrogens is 304 g/mol. The molecule has 0 amide bonds. The molecule has 0 saturated heterocycles. The van der Waals surface area contributed by atoms with Gasteiger partial charge in [0.05, 0.1) is 17.6 Å². The molecule has 0 fully saturated rings. The Hall–Kier alpha value is -1.20. The van der Waals surface area contributed by atoms with Crippen molar-refractivity contribution >= 4 is 15.9 Å². The van der Waals surface area contributed by atoms with Gasteiger partial charge in [0.2, 0.25) is 0 Å². The smallest absolute Gasteiger partial charge is 0.0831 e. The predicted octanol–water partition coefficient (Wildman–Crippen LogP) is 2.87. The quantitative estimate of drug-likeness (QED) is 0.832. The first kappa shape index (κ1) is 14.2. The first-order chi connectivity index (χ1) is 9.24. The lowest BCUT2D eigenvalue weighted by Crippen LogP contribution is -2.00. The lowest BCUT2D eigenvalue weighted by Gasteiger charge is -2.07. The highest BCUT2D eigenvalue weighted by molar-refractivity contribution is 9.10. The zero-order valence-electron chi connectivity index (χ0n) is 11.1. The van der Waals surface area contributed by atoms with Crippen molar-refractivity contribution in [3.8, 4) is 5.69 Å². The second-order valence-electron chi connectivity index (χ2n) is 4.53. The first-order valence-corrected chi connectivity index (χ1v) is 7.44. The van der Waals surface area contributed by atoms with E-state index in [0.717, 1.165) is 48.1 Å². The van der Waals surface area contributed by atoms with Crippen LogP contribution in [0, 0.1) is 0 Å². The number of aromatic nitrogens is 3. The van der Waals surface area contributed by atoms with E-state index in [1.165, 1.54) is 5.56 Å². The van der Waals surface area contributed by atoms with E-state index in [1.54, 1.807) is 0 Å². The van der Waals surface area contributed by atoms with Crippen molar-refractivity contribution in [3.63, 3.8) is 0 Å². The fourth-order valence-electron chi connectivity index (χ4n) is 2.04. The number of unbranched alkanes of at least 4 members (excludes halogenated alkanes) is 1. The maximum absolute atomic E-state index is 5.50. The normalized spacial score (nSPS) is 10.9. The monoisotopic (exact) mass is 322 g/mol. The molecule has 2 rings (SSSR count). The maximum Gasteiger partial charge on any atom is 0.0831 e. The number of nitrogens with two attached hydrogens (primary N) is 1. The molecule has 0 unspecified atom stereocenters. The zero-order valence-corrected chi connectivity index (χ0v) is 12.7. The van der Waals surface area contributed by atoms with E-state index in [2.05, 4.69) is 45.3 Å². The van der Waals surface area contributed by atoms with Crippen LogP contribution in [0.25, 0.3) is 5.69 Å². The number of halogens is 1. The first-order valence-electron chi connectivity index (χ1n) is 6.64. The molecule has 1 aromatic heterocycles. The van der Waals surface area contributed by atoms with E-state index in [9.17, 15) is 0 Å². The van der Waals surface area contributed by atoms with Crippen molar-refractivity contribution in [1.29, 1.82) is 0 Å². The molecule has 0 radical (unpaired) electrons. The van der Waals surface area contributed by atoms with Crippen LogP contribution in [0.2, 0.25) is 0 Å². The summed E-state index contributed by atoms with van der Waals surface area (Å²) in [6, 6.07) is 6.23. The fourth-order valence-corrected chi connectivity index (χ4v) is 2.45. The Kier molecular flexibility index (Phi) is 5.10. The third kappa shape index (κ3) is 3.64. The molecule has 5 heteroatoms. The Bertz CT molecular complexity index is 536. The number of hydrogen-bond acceptors (Lipinski definition) is 3. The van der Waals surface area contributed by atoms with Crippen LogP contribution in [0.3, 0.4) is 0 Å². The van der Waals surface area contributed by atoms with Gasteiger partial charge in [0.25, 0.3) is 0 Å². The van der Waals surface area contributed by atoms with Crippen molar-refractivity contribution in [2.24, 2.45) is 5.73 Å². The maximum atomic E-state index is 5.50. The van der Waals surface area contributed by atoms with Gasteiger partial charge in [-0.05, 0) is 56.0 Å². The van der Waals surface area contributed by atoms with Crippen LogP contribution in [0.15, 0.2) is 28.9 Å². The van der Waals surface area contributed by atoms with Crippen molar-refractivity contribution in [2.45, 2.75) is 32.6 Å². The molecule has 0 aliphatic rings. The Morgan fingerprint density at radius 2 is 2.16 bits per heavy atom. The molecule has 0 atom stereocenters. The molecule has 1 heterocycles. The number of hydrogen-bond donors (Lipinski definition) is 1. The summed E-state index contributed by atoms with van der Waals surface area (Å²) in [7, 11) is 0. The van der Waals surface area contributed by atoms with E-state index in [4.69, 9.17) is 5.73 Å². The number of benzene rings is 1. The summed E-state index contributed by atoms with van der Waals surface area (Å²) >= 11 is 3.50. The number of nitrogens with zero attached hydrogens (tertiary/aromatic N) is 3. The summed E-state index contributed by atoms with van der Waals surface area (Å²) in [4.78, 5) is 0. The molecule has 0 aliphatic carbocycles. The van der Waals surface area contributed by atoms with Crippen LogP contribution < -0.4 is 5.73 Å². The molecular formula is C14H19BrN4. The van der Waals surface area contributed by atoms with Crippen LogP contribution in [0.5, 0.6) is 0 Å². The third-order valence-electron chi connectivity index (χ3n) is 3.10. The van der Waals surface area contributed by atoms with Gasteiger partial charge < -0.3 is 5.73 Å². The second kappa shape index (κ2) is 6.82. The van der Waals surface area contributed by atoms with Crippen molar-refractivity contribution in [1.82, 2.24) is 15.0 Å². The van der Waals surface area contributed by atoms with Gasteiger partial charge in [-0.25, -0.2) is 4.68 Å². The molecule has 0 bridgehead atoms. The van der Waals surface area contributed by atoms with Crippen LogP contribution in [-0.4, -0.2) is 21.5 Å². The third-order valence-corrected chi connectivity index (χ3v) is 3.59. The zero-order chi connectivity index (χ0) is 13.7. The summed E-state index contributed by atoms with van der Waals surface area (Å²) in [5.41, 5.74) is 8.88. The van der Waals surface area contributed by atoms with Gasteiger partial charge >= 0.3 is 0 Å². The van der Waals surface area contributed by atoms with E-state index >= 15 is 0 Å². The molecule has 0 spiro atoms. The van der Waals surface area contributed by atoms with Crippen LogP contribution in [-0.2, 0) is 12.8 Å². The van der Waals surface area contributed by atoms with E-state index in [0.29, 0.717) is 0 Å². The largest absolute Gasteiger partial charge is 0.330 e. The van der Waals surface area contributed by atoms with Crippen molar-refractivity contribution in [2.75, 3.05) is 6.54 Å². The minimum Gasteiger partial charge on any atom is -0.330 e. The molecule has 2 N–H and O–H groups in total. The summed E-state index contributed by atoms with van der Waals surface area (Å²) < 4.78 is 2.96. The topological polar surface area (TPSA) is 56.7 Å². The average Bonchev–Trinajstić information content (AvgIpc) is 2.87. The van der Waals surface area contributed by atoms with Crippen molar-refractivity contribution in [3.05, 3.63) is 40.1 Å². The van der Waals surface area contributed by atoms with Crippen LogP contribution >= 0.6 is 15.9 Å². The Labute approximate surface area is 122 Å². The average molecular weight is 323 g/mol. The highest BCUT2D eigenvalue weighted by Gasteiger charge is 2.07. The minimum atomic E-state index is 0.737. The highest BCUT2D eigenvalue weighted by Crippen LogP contribution is 2.20. The van der Waals surface area contributed by atoms with Gasteiger partial charge in [0.1, 0.15) is 0 Å². The molecule has 102 valence electrons.